The molecule has 5 rings (SSSR count). The van der Waals surface area contributed by atoms with Gasteiger partial charge in [0.2, 0.25) is 5.91 Å². The first-order chi connectivity index (χ1) is 21.6. The van der Waals surface area contributed by atoms with E-state index < -0.39 is 24.3 Å². The Balaban J connectivity index is 1.29. The van der Waals surface area contributed by atoms with Crippen molar-refractivity contribution in [2.45, 2.75) is 70.5 Å². The highest BCUT2D eigenvalue weighted by Gasteiger charge is 2.36. The molecule has 4 atom stereocenters. The molecule has 2 aromatic carbocycles. The third-order valence-electron chi connectivity index (χ3n) is 8.68. The Morgan fingerprint density at radius 3 is 2.47 bits per heavy atom. The zero-order chi connectivity index (χ0) is 32.0. The van der Waals surface area contributed by atoms with Crippen LogP contribution in [0, 0.1) is 5.92 Å². The van der Waals surface area contributed by atoms with Gasteiger partial charge in [0.1, 0.15) is 12.3 Å². The zero-order valence-corrected chi connectivity index (χ0v) is 26.7. The molecule has 45 heavy (non-hydrogen) atoms. The van der Waals surface area contributed by atoms with Crippen molar-refractivity contribution < 1.29 is 19.8 Å². The Morgan fingerprint density at radius 1 is 1.00 bits per heavy atom. The molecule has 2 aliphatic heterocycles. The molecule has 240 valence electrons. The number of nitrogens with one attached hydrogen (secondary N) is 1. The number of amides is 1. The Hall–Kier alpha value is -3.63. The highest BCUT2D eigenvalue weighted by Crippen LogP contribution is 2.31. The van der Waals surface area contributed by atoms with E-state index in [1.807, 2.05) is 93.7 Å². The largest absolute Gasteiger partial charge is 0.392 e. The number of ketones is 1. The number of hydrogen-bond acceptors (Lipinski definition) is 8. The van der Waals surface area contributed by atoms with E-state index in [9.17, 15) is 19.8 Å². The van der Waals surface area contributed by atoms with Gasteiger partial charge in [-0.2, -0.15) is 0 Å². The number of nitrogens with zero attached hydrogens (tertiary/aromatic N) is 4. The number of anilines is 1. The Morgan fingerprint density at radius 2 is 1.73 bits per heavy atom. The molecule has 1 saturated heterocycles. The van der Waals surface area contributed by atoms with E-state index in [1.165, 1.54) is 0 Å². The van der Waals surface area contributed by atoms with Crippen molar-refractivity contribution in [1.82, 2.24) is 20.1 Å². The number of carbonyl (C=O) groups excluding carboxylic acids is 2. The third kappa shape index (κ3) is 8.98. The summed E-state index contributed by atoms with van der Waals surface area (Å²) in [6, 6.07) is 21.2. The summed E-state index contributed by atoms with van der Waals surface area (Å²) in [4.78, 5) is 37.8. The van der Waals surface area contributed by atoms with Gasteiger partial charge in [-0.1, -0.05) is 54.6 Å². The summed E-state index contributed by atoms with van der Waals surface area (Å²) >= 11 is 0. The van der Waals surface area contributed by atoms with Gasteiger partial charge in [0.05, 0.1) is 12.6 Å². The Kier molecular flexibility index (Phi) is 10.7. The molecule has 0 unspecified atom stereocenters. The van der Waals surface area contributed by atoms with Gasteiger partial charge < -0.3 is 20.4 Å². The second-order valence-electron chi connectivity index (χ2n) is 13.5. The lowest BCUT2D eigenvalue weighted by Crippen LogP contribution is -2.61. The van der Waals surface area contributed by atoms with Crippen LogP contribution in [0.15, 0.2) is 79.1 Å². The lowest BCUT2D eigenvalue weighted by atomic mass is 9.89. The maximum absolute atomic E-state index is 13.9. The molecule has 3 N–H and O–H groups in total. The van der Waals surface area contributed by atoms with Gasteiger partial charge >= 0.3 is 0 Å². The van der Waals surface area contributed by atoms with Crippen LogP contribution in [-0.4, -0.2) is 93.3 Å². The summed E-state index contributed by atoms with van der Waals surface area (Å²) in [6.45, 7) is 8.86. The van der Waals surface area contributed by atoms with Crippen molar-refractivity contribution in [3.8, 4) is 0 Å². The first kappa shape index (κ1) is 32.8. The van der Waals surface area contributed by atoms with Crippen molar-refractivity contribution >= 4 is 17.4 Å². The quantitative estimate of drug-likeness (QED) is 0.286. The fourth-order valence-corrected chi connectivity index (χ4v) is 6.51. The molecule has 9 nitrogen and oxygen atoms in total. The number of fused-ring (bicyclic) bond motifs is 1. The van der Waals surface area contributed by atoms with Crippen LogP contribution < -0.4 is 10.2 Å². The van der Waals surface area contributed by atoms with E-state index in [0.717, 1.165) is 28.9 Å². The number of piperazine rings is 1. The SMILES string of the molecule is CC(C)(C)NC(=O)[C@@H]1CN(Cc2cccnc2)CCN1C[C@@H](O)C[C@@H](Cc1ccccc1)C(=O)CN1c2ccccc2C[C@H]1O. The summed E-state index contributed by atoms with van der Waals surface area (Å²) < 4.78 is 0. The number of β-amino-alcohol motifs (C(OH)–C–C–N with tert-alkyl or cyclic N) is 1. The average Bonchev–Trinajstić information content (AvgIpc) is 3.32. The molecule has 0 spiro atoms. The molecule has 1 fully saturated rings. The number of aliphatic hydroxyl groups excluding tert-OH is 2. The number of pyridine rings is 1. The fourth-order valence-electron chi connectivity index (χ4n) is 6.51. The molecule has 3 aromatic rings. The third-order valence-corrected chi connectivity index (χ3v) is 8.68. The summed E-state index contributed by atoms with van der Waals surface area (Å²) in [5, 5.41) is 25.4. The maximum atomic E-state index is 13.9. The summed E-state index contributed by atoms with van der Waals surface area (Å²) in [5.74, 6) is -0.530. The zero-order valence-electron chi connectivity index (χ0n) is 26.7. The number of aromatic nitrogens is 1. The summed E-state index contributed by atoms with van der Waals surface area (Å²) in [7, 11) is 0. The molecule has 9 heteroatoms. The first-order valence-electron chi connectivity index (χ1n) is 16.0. The first-order valence-corrected chi connectivity index (χ1v) is 16.0. The molecule has 3 heterocycles. The maximum Gasteiger partial charge on any atom is 0.239 e. The van der Waals surface area contributed by atoms with Crippen LogP contribution in [0.4, 0.5) is 5.69 Å². The predicted molar refractivity (Wildman–Crippen MR) is 176 cm³/mol. The number of Topliss-reactive ketones (excluding diaryl/α,β-unsaturated/α-hetero) is 1. The molecule has 0 radical (unpaired) electrons. The number of rotatable bonds is 12. The minimum absolute atomic E-state index is 0.0167. The number of benzene rings is 2. The molecule has 1 aromatic heterocycles. The van der Waals surface area contributed by atoms with Gasteiger partial charge in [0.25, 0.3) is 0 Å². The second-order valence-corrected chi connectivity index (χ2v) is 13.5. The molecular weight excluding hydrogens is 566 g/mol. The lowest BCUT2D eigenvalue weighted by molar-refractivity contribution is -0.132. The van der Waals surface area contributed by atoms with Crippen LogP contribution in [0.1, 0.15) is 43.9 Å². The summed E-state index contributed by atoms with van der Waals surface area (Å²) in [6.07, 6.45) is 3.29. The molecule has 0 saturated carbocycles. The van der Waals surface area contributed by atoms with Gasteiger partial charge in [0.15, 0.2) is 5.78 Å². The van der Waals surface area contributed by atoms with Crippen molar-refractivity contribution in [1.29, 1.82) is 0 Å². The normalized spacial score (nSPS) is 20.4. The summed E-state index contributed by atoms with van der Waals surface area (Å²) in [5.41, 5.74) is 3.64. The van der Waals surface area contributed by atoms with Gasteiger partial charge in [-0.05, 0) is 62.4 Å². The smallest absolute Gasteiger partial charge is 0.239 e. The number of aliphatic hydroxyl groups is 2. The Labute approximate surface area is 266 Å². The molecule has 2 aliphatic rings. The van der Waals surface area contributed by atoms with Crippen molar-refractivity contribution in [2.75, 3.05) is 37.6 Å². The standard InChI is InChI=1S/C36H47N5O4/c1-36(2,3)38-35(45)32-24-39(22-27-12-9-15-37-21-27)16-17-40(32)23-30(42)19-29(18-26-10-5-4-6-11-26)33(43)25-41-31-14-8-7-13-28(31)20-34(41)44/h4-15,21,29-30,32,34,42,44H,16-20,22-25H2,1-3H3,(H,38,45)/t29-,30+,32+,34-/m1/s1. The number of carbonyl (C=O) groups is 2. The second kappa shape index (κ2) is 14.6. The van der Waals surface area contributed by atoms with Crippen LogP contribution in [0.3, 0.4) is 0 Å². The van der Waals surface area contributed by atoms with Crippen molar-refractivity contribution in [3.63, 3.8) is 0 Å². The monoisotopic (exact) mass is 613 g/mol. The van der Waals surface area contributed by atoms with Gasteiger partial charge in [-0.3, -0.25) is 24.4 Å². The van der Waals surface area contributed by atoms with Gasteiger partial charge in [0, 0.05) is 68.7 Å². The molecule has 0 bridgehead atoms. The Bertz CT molecular complexity index is 1410. The van der Waals surface area contributed by atoms with E-state index in [1.54, 1.807) is 11.1 Å². The van der Waals surface area contributed by atoms with Gasteiger partial charge in [-0.15, -0.1) is 0 Å². The highest BCUT2D eigenvalue weighted by atomic mass is 16.3. The van der Waals surface area contributed by atoms with E-state index in [4.69, 9.17) is 0 Å². The minimum atomic E-state index is -0.812. The number of hydrogen-bond donors (Lipinski definition) is 3. The molecule has 0 aliphatic carbocycles. The van der Waals surface area contributed by atoms with E-state index in [2.05, 4.69) is 20.1 Å². The van der Waals surface area contributed by atoms with E-state index in [-0.39, 0.29) is 36.7 Å². The fraction of sp³-hybridized carbons (Fsp3) is 0.472. The minimum Gasteiger partial charge on any atom is -0.392 e. The highest BCUT2D eigenvalue weighted by molar-refractivity contribution is 5.87. The predicted octanol–water partition coefficient (Wildman–Crippen LogP) is 3.04. The van der Waals surface area contributed by atoms with Crippen LogP contribution in [0.25, 0.3) is 0 Å². The van der Waals surface area contributed by atoms with Crippen molar-refractivity contribution in [3.05, 3.63) is 95.8 Å². The number of para-hydroxylation sites is 1. The van der Waals surface area contributed by atoms with Crippen LogP contribution in [0.5, 0.6) is 0 Å². The lowest BCUT2D eigenvalue weighted by Gasteiger charge is -2.42. The molecule has 1 amide bonds. The van der Waals surface area contributed by atoms with Crippen LogP contribution in [0.2, 0.25) is 0 Å². The molecular formula is C36H47N5O4. The average molecular weight is 614 g/mol. The van der Waals surface area contributed by atoms with Crippen molar-refractivity contribution in [2.24, 2.45) is 5.92 Å². The van der Waals surface area contributed by atoms with Crippen LogP contribution >= 0.6 is 0 Å². The van der Waals surface area contributed by atoms with Gasteiger partial charge in [-0.25, -0.2) is 0 Å². The van der Waals surface area contributed by atoms with Crippen LogP contribution in [-0.2, 0) is 29.0 Å². The topological polar surface area (TPSA) is 109 Å². The van der Waals surface area contributed by atoms with E-state index in [0.29, 0.717) is 32.5 Å². The van der Waals surface area contributed by atoms with E-state index >= 15 is 0 Å².